The molecule has 1 aliphatic rings. The van der Waals surface area contributed by atoms with Crippen molar-refractivity contribution in [1.29, 1.82) is 0 Å². The molecule has 1 aliphatic carbocycles. The third-order valence-electron chi connectivity index (χ3n) is 3.72. The average Bonchev–Trinajstić information content (AvgIpc) is 3.30. The molecule has 104 valence electrons. The minimum absolute atomic E-state index is 0.320. The van der Waals surface area contributed by atoms with E-state index < -0.39 is 0 Å². The fraction of sp³-hybridized carbons (Fsp3) is 0.333. The van der Waals surface area contributed by atoms with Gasteiger partial charge < -0.3 is 10.1 Å². The summed E-state index contributed by atoms with van der Waals surface area (Å²) in [5, 5.41) is 3.41. The third kappa shape index (κ3) is 3.40. The third-order valence-corrected chi connectivity index (χ3v) is 3.72. The summed E-state index contributed by atoms with van der Waals surface area (Å²) in [7, 11) is 2.02. The molecular weight excluding hydrogens is 246 g/mol. The van der Waals surface area contributed by atoms with Gasteiger partial charge in [0.2, 0.25) is 0 Å². The van der Waals surface area contributed by atoms with Gasteiger partial charge in [-0.2, -0.15) is 0 Å². The van der Waals surface area contributed by atoms with Gasteiger partial charge in [-0.25, -0.2) is 0 Å². The summed E-state index contributed by atoms with van der Waals surface area (Å²) in [6.07, 6.45) is 3.84. The first-order valence-electron chi connectivity index (χ1n) is 7.33. The highest BCUT2D eigenvalue weighted by Crippen LogP contribution is 2.29. The van der Waals surface area contributed by atoms with E-state index in [4.69, 9.17) is 4.74 Å². The molecule has 0 bridgehead atoms. The van der Waals surface area contributed by atoms with Gasteiger partial charge in [0.05, 0.1) is 6.10 Å². The van der Waals surface area contributed by atoms with Gasteiger partial charge in [0.1, 0.15) is 5.75 Å². The molecule has 0 radical (unpaired) electrons. The summed E-state index contributed by atoms with van der Waals surface area (Å²) >= 11 is 0. The molecule has 0 amide bonds. The SMILES string of the molecule is CNC(Cc1ccccc1)c1cccc(OC2CC2)c1. The summed E-state index contributed by atoms with van der Waals surface area (Å²) in [5.41, 5.74) is 2.63. The van der Waals surface area contributed by atoms with Gasteiger partial charge in [-0.15, -0.1) is 0 Å². The molecular formula is C18H21NO. The highest BCUT2D eigenvalue weighted by atomic mass is 16.5. The van der Waals surface area contributed by atoms with E-state index in [9.17, 15) is 0 Å². The zero-order valence-electron chi connectivity index (χ0n) is 11.9. The lowest BCUT2D eigenvalue weighted by atomic mass is 9.99. The van der Waals surface area contributed by atoms with Crippen LogP contribution in [0.15, 0.2) is 54.6 Å². The van der Waals surface area contributed by atoms with Gasteiger partial charge in [-0.3, -0.25) is 0 Å². The smallest absolute Gasteiger partial charge is 0.120 e. The second-order valence-electron chi connectivity index (χ2n) is 5.42. The Labute approximate surface area is 120 Å². The lowest BCUT2D eigenvalue weighted by molar-refractivity contribution is 0.302. The summed E-state index contributed by atoms with van der Waals surface area (Å²) in [5.74, 6) is 0.998. The Bertz CT molecular complexity index is 548. The molecule has 3 rings (SSSR count). The molecule has 0 spiro atoms. The van der Waals surface area contributed by atoms with Crippen LogP contribution >= 0.6 is 0 Å². The Kier molecular flexibility index (Phi) is 4.03. The summed E-state index contributed by atoms with van der Waals surface area (Å²) < 4.78 is 5.88. The molecule has 2 aromatic rings. The van der Waals surface area contributed by atoms with Crippen molar-refractivity contribution < 1.29 is 4.74 Å². The van der Waals surface area contributed by atoms with Crippen LogP contribution in [0.5, 0.6) is 5.75 Å². The molecule has 20 heavy (non-hydrogen) atoms. The molecule has 0 aliphatic heterocycles. The van der Waals surface area contributed by atoms with E-state index in [1.165, 1.54) is 24.0 Å². The molecule has 1 fully saturated rings. The first-order valence-corrected chi connectivity index (χ1v) is 7.33. The number of hydrogen-bond acceptors (Lipinski definition) is 2. The van der Waals surface area contributed by atoms with Gasteiger partial charge in [0, 0.05) is 6.04 Å². The maximum absolute atomic E-state index is 5.88. The van der Waals surface area contributed by atoms with Crippen LogP contribution in [0, 0.1) is 0 Å². The quantitative estimate of drug-likeness (QED) is 0.861. The van der Waals surface area contributed by atoms with Crippen LogP contribution in [0.1, 0.15) is 30.0 Å². The molecule has 1 N–H and O–H groups in total. The van der Waals surface area contributed by atoms with E-state index in [2.05, 4.69) is 59.9 Å². The van der Waals surface area contributed by atoms with E-state index in [1.54, 1.807) is 0 Å². The van der Waals surface area contributed by atoms with Crippen molar-refractivity contribution in [2.24, 2.45) is 0 Å². The maximum atomic E-state index is 5.88. The van der Waals surface area contributed by atoms with Crippen molar-refractivity contribution in [2.75, 3.05) is 7.05 Å². The average molecular weight is 267 g/mol. The number of ether oxygens (including phenoxy) is 1. The number of hydrogen-bond donors (Lipinski definition) is 1. The van der Waals surface area contributed by atoms with Gasteiger partial charge in [-0.05, 0) is 49.6 Å². The van der Waals surface area contributed by atoms with E-state index in [0.717, 1.165) is 12.2 Å². The highest BCUT2D eigenvalue weighted by molar-refractivity contribution is 5.32. The van der Waals surface area contributed by atoms with Crippen LogP contribution in [0.25, 0.3) is 0 Å². The lowest BCUT2D eigenvalue weighted by Gasteiger charge is -2.18. The van der Waals surface area contributed by atoms with E-state index in [-0.39, 0.29) is 0 Å². The van der Waals surface area contributed by atoms with Crippen LogP contribution in [0.4, 0.5) is 0 Å². The maximum Gasteiger partial charge on any atom is 0.120 e. The standard InChI is InChI=1S/C18H21NO/c1-19-18(12-14-6-3-2-4-7-14)15-8-5-9-17(13-15)20-16-10-11-16/h2-9,13,16,18-19H,10-12H2,1H3. The zero-order valence-corrected chi connectivity index (χ0v) is 11.9. The Balaban J connectivity index is 1.74. The molecule has 2 heteroatoms. The van der Waals surface area contributed by atoms with Crippen molar-refractivity contribution in [3.63, 3.8) is 0 Å². The Morgan fingerprint density at radius 2 is 1.90 bits per heavy atom. The van der Waals surface area contributed by atoms with Gasteiger partial charge in [0.15, 0.2) is 0 Å². The van der Waals surface area contributed by atoms with Gasteiger partial charge in [0.25, 0.3) is 0 Å². The minimum atomic E-state index is 0.320. The number of rotatable bonds is 6. The van der Waals surface area contributed by atoms with Gasteiger partial charge >= 0.3 is 0 Å². The predicted molar refractivity (Wildman–Crippen MR) is 82.0 cm³/mol. The number of likely N-dealkylation sites (N-methyl/N-ethyl adjacent to an activating group) is 1. The largest absolute Gasteiger partial charge is 0.490 e. The predicted octanol–water partition coefficient (Wildman–Crippen LogP) is 3.73. The summed E-state index contributed by atoms with van der Waals surface area (Å²) in [6, 6.07) is 19.4. The topological polar surface area (TPSA) is 21.3 Å². The fourth-order valence-corrected chi connectivity index (χ4v) is 2.42. The Morgan fingerprint density at radius 1 is 1.10 bits per heavy atom. The van der Waals surface area contributed by atoms with Crippen molar-refractivity contribution in [3.8, 4) is 5.75 Å². The highest BCUT2D eigenvalue weighted by Gasteiger charge is 2.23. The molecule has 0 heterocycles. The monoisotopic (exact) mass is 267 g/mol. The summed E-state index contributed by atoms with van der Waals surface area (Å²) in [4.78, 5) is 0. The van der Waals surface area contributed by atoms with Crippen molar-refractivity contribution in [1.82, 2.24) is 5.32 Å². The molecule has 0 saturated heterocycles. The van der Waals surface area contributed by atoms with Crippen molar-refractivity contribution >= 4 is 0 Å². The fourth-order valence-electron chi connectivity index (χ4n) is 2.42. The molecule has 2 nitrogen and oxygen atoms in total. The van der Waals surface area contributed by atoms with Crippen LogP contribution < -0.4 is 10.1 Å². The molecule has 1 atom stereocenters. The Morgan fingerprint density at radius 3 is 2.60 bits per heavy atom. The van der Waals surface area contributed by atoms with Crippen molar-refractivity contribution in [3.05, 3.63) is 65.7 Å². The Hall–Kier alpha value is -1.80. The first-order chi connectivity index (χ1) is 9.85. The van der Waals surface area contributed by atoms with Crippen LogP contribution in [0.2, 0.25) is 0 Å². The normalized spacial score (nSPS) is 15.8. The van der Waals surface area contributed by atoms with Gasteiger partial charge in [-0.1, -0.05) is 42.5 Å². The van der Waals surface area contributed by atoms with E-state index in [1.807, 2.05) is 7.05 Å². The van der Waals surface area contributed by atoms with Crippen LogP contribution in [-0.4, -0.2) is 13.2 Å². The molecule has 0 aromatic heterocycles. The number of benzene rings is 2. The molecule has 1 saturated carbocycles. The molecule has 2 aromatic carbocycles. The van der Waals surface area contributed by atoms with Crippen LogP contribution in [0.3, 0.4) is 0 Å². The summed E-state index contributed by atoms with van der Waals surface area (Å²) in [6.45, 7) is 0. The second kappa shape index (κ2) is 6.10. The van der Waals surface area contributed by atoms with Crippen LogP contribution in [-0.2, 0) is 6.42 Å². The van der Waals surface area contributed by atoms with Crippen molar-refractivity contribution in [2.45, 2.75) is 31.4 Å². The van der Waals surface area contributed by atoms with E-state index >= 15 is 0 Å². The minimum Gasteiger partial charge on any atom is -0.490 e. The van der Waals surface area contributed by atoms with E-state index in [0.29, 0.717) is 12.1 Å². The second-order valence-corrected chi connectivity index (χ2v) is 5.42. The number of nitrogens with one attached hydrogen (secondary N) is 1. The molecule has 1 unspecified atom stereocenters. The zero-order chi connectivity index (χ0) is 13.8. The first kappa shape index (κ1) is 13.2. The lowest BCUT2D eigenvalue weighted by Crippen LogP contribution is -2.18.